The third kappa shape index (κ3) is 4.29. The molecule has 1 amide bonds. The highest BCUT2D eigenvalue weighted by molar-refractivity contribution is 5.92. The normalized spacial score (nSPS) is 10.2. The van der Waals surface area contributed by atoms with Gasteiger partial charge < -0.3 is 15.8 Å². The van der Waals surface area contributed by atoms with Gasteiger partial charge in [0.05, 0.1) is 0 Å². The minimum absolute atomic E-state index is 0.112. The van der Waals surface area contributed by atoms with E-state index < -0.39 is 0 Å². The molecule has 0 aliphatic heterocycles. The molecule has 110 valence electrons. The highest BCUT2D eigenvalue weighted by Gasteiger charge is 2.06. The Morgan fingerprint density at radius 3 is 2.57 bits per heavy atom. The van der Waals surface area contributed by atoms with Crippen LogP contribution in [0.4, 0.5) is 10.1 Å². The summed E-state index contributed by atoms with van der Waals surface area (Å²) >= 11 is 0. The molecule has 0 spiro atoms. The summed E-state index contributed by atoms with van der Waals surface area (Å²) in [5, 5.41) is 2.68. The first-order valence-electron chi connectivity index (χ1n) is 6.56. The summed E-state index contributed by atoms with van der Waals surface area (Å²) in [5.74, 6) is -0.0347. The molecule has 2 aromatic carbocycles. The summed E-state index contributed by atoms with van der Waals surface area (Å²) < 4.78 is 18.3. The van der Waals surface area contributed by atoms with Gasteiger partial charge in [-0.05, 0) is 48.4 Å². The van der Waals surface area contributed by atoms with Gasteiger partial charge in [-0.2, -0.15) is 0 Å². The Morgan fingerprint density at radius 1 is 1.24 bits per heavy atom. The number of carbonyl (C=O) groups is 1. The minimum atomic E-state index is -0.332. The molecule has 0 saturated carbocycles. The van der Waals surface area contributed by atoms with E-state index in [9.17, 15) is 9.18 Å². The Balaban J connectivity index is 1.89. The molecule has 2 aromatic rings. The van der Waals surface area contributed by atoms with Crippen LogP contribution in [0, 0.1) is 12.7 Å². The molecule has 5 heteroatoms. The summed E-state index contributed by atoms with van der Waals surface area (Å²) in [6.45, 7) is 2.08. The lowest BCUT2D eigenvalue weighted by Crippen LogP contribution is -2.20. The van der Waals surface area contributed by atoms with Crippen LogP contribution in [-0.2, 0) is 11.3 Å². The molecule has 0 saturated heterocycles. The third-order valence-electron chi connectivity index (χ3n) is 2.99. The number of hydrogen-bond acceptors (Lipinski definition) is 3. The molecular weight excluding hydrogens is 271 g/mol. The lowest BCUT2D eigenvalue weighted by atomic mass is 10.2. The van der Waals surface area contributed by atoms with E-state index in [2.05, 4.69) is 5.32 Å². The first-order valence-corrected chi connectivity index (χ1v) is 6.56. The number of ether oxygens (including phenoxy) is 1. The van der Waals surface area contributed by atoms with Crippen molar-refractivity contribution < 1.29 is 13.9 Å². The SMILES string of the molecule is Cc1cc(F)ccc1NC(=O)COc1ccc(CN)cc1. The second-order valence-corrected chi connectivity index (χ2v) is 4.64. The van der Waals surface area contributed by atoms with Crippen LogP contribution in [0.5, 0.6) is 5.75 Å². The van der Waals surface area contributed by atoms with E-state index in [1.807, 2.05) is 12.1 Å². The van der Waals surface area contributed by atoms with Crippen molar-refractivity contribution in [1.82, 2.24) is 0 Å². The van der Waals surface area contributed by atoms with Crippen molar-refractivity contribution in [1.29, 1.82) is 0 Å². The van der Waals surface area contributed by atoms with Gasteiger partial charge in [-0.15, -0.1) is 0 Å². The number of aryl methyl sites for hydroxylation is 1. The van der Waals surface area contributed by atoms with Crippen LogP contribution in [0.3, 0.4) is 0 Å². The molecule has 2 rings (SSSR count). The summed E-state index contributed by atoms with van der Waals surface area (Å²) in [6.07, 6.45) is 0. The van der Waals surface area contributed by atoms with Crippen LogP contribution in [0.2, 0.25) is 0 Å². The number of nitrogens with one attached hydrogen (secondary N) is 1. The minimum Gasteiger partial charge on any atom is -0.484 e. The van der Waals surface area contributed by atoms with Gasteiger partial charge in [-0.25, -0.2) is 4.39 Å². The Morgan fingerprint density at radius 2 is 1.95 bits per heavy atom. The van der Waals surface area contributed by atoms with E-state index in [4.69, 9.17) is 10.5 Å². The van der Waals surface area contributed by atoms with Crippen molar-refractivity contribution in [3.8, 4) is 5.75 Å². The van der Waals surface area contributed by atoms with E-state index in [1.54, 1.807) is 19.1 Å². The van der Waals surface area contributed by atoms with Crippen molar-refractivity contribution in [3.05, 3.63) is 59.4 Å². The predicted molar refractivity (Wildman–Crippen MR) is 79.6 cm³/mol. The maximum absolute atomic E-state index is 13.0. The van der Waals surface area contributed by atoms with Crippen molar-refractivity contribution in [2.24, 2.45) is 5.73 Å². The Labute approximate surface area is 122 Å². The average molecular weight is 288 g/mol. The zero-order valence-electron chi connectivity index (χ0n) is 11.7. The monoisotopic (exact) mass is 288 g/mol. The molecule has 21 heavy (non-hydrogen) atoms. The van der Waals surface area contributed by atoms with E-state index in [0.717, 1.165) is 5.56 Å². The van der Waals surface area contributed by atoms with Gasteiger partial charge in [0.1, 0.15) is 11.6 Å². The summed E-state index contributed by atoms with van der Waals surface area (Å²) in [4.78, 5) is 11.8. The van der Waals surface area contributed by atoms with E-state index in [1.165, 1.54) is 18.2 Å². The molecule has 3 N–H and O–H groups in total. The first-order chi connectivity index (χ1) is 10.1. The van der Waals surface area contributed by atoms with E-state index >= 15 is 0 Å². The number of carbonyl (C=O) groups excluding carboxylic acids is 1. The van der Waals surface area contributed by atoms with Gasteiger partial charge in [0.2, 0.25) is 0 Å². The summed E-state index contributed by atoms with van der Waals surface area (Å²) in [7, 11) is 0. The van der Waals surface area contributed by atoms with Crippen molar-refractivity contribution in [3.63, 3.8) is 0 Å². The van der Waals surface area contributed by atoms with Crippen LogP contribution in [0.15, 0.2) is 42.5 Å². The standard InChI is InChI=1S/C16H17FN2O2/c1-11-8-13(17)4-7-15(11)19-16(20)10-21-14-5-2-12(9-18)3-6-14/h2-8H,9-10,18H2,1H3,(H,19,20). The molecule has 0 atom stereocenters. The second-order valence-electron chi connectivity index (χ2n) is 4.64. The lowest BCUT2D eigenvalue weighted by molar-refractivity contribution is -0.118. The zero-order valence-corrected chi connectivity index (χ0v) is 11.7. The maximum atomic E-state index is 13.0. The van der Waals surface area contributed by atoms with Crippen molar-refractivity contribution in [2.45, 2.75) is 13.5 Å². The van der Waals surface area contributed by atoms with Crippen molar-refractivity contribution >= 4 is 11.6 Å². The van der Waals surface area contributed by atoms with Gasteiger partial charge in [-0.1, -0.05) is 12.1 Å². The second kappa shape index (κ2) is 6.85. The predicted octanol–water partition coefficient (Wildman–Crippen LogP) is 2.61. The quantitative estimate of drug-likeness (QED) is 0.889. The number of hydrogen-bond donors (Lipinski definition) is 2. The fourth-order valence-corrected chi connectivity index (χ4v) is 1.82. The first kappa shape index (κ1) is 15.0. The maximum Gasteiger partial charge on any atom is 0.262 e. The largest absolute Gasteiger partial charge is 0.484 e. The van der Waals surface area contributed by atoms with Crippen LogP contribution < -0.4 is 15.8 Å². The zero-order chi connectivity index (χ0) is 15.2. The van der Waals surface area contributed by atoms with Gasteiger partial charge in [0, 0.05) is 12.2 Å². The lowest BCUT2D eigenvalue weighted by Gasteiger charge is -2.10. The van der Waals surface area contributed by atoms with Crippen LogP contribution in [-0.4, -0.2) is 12.5 Å². The molecular formula is C16H17FN2O2. The number of rotatable bonds is 5. The molecule has 0 radical (unpaired) electrons. The highest BCUT2D eigenvalue weighted by atomic mass is 19.1. The molecule has 0 aromatic heterocycles. The van der Waals surface area contributed by atoms with Crippen LogP contribution in [0.25, 0.3) is 0 Å². The smallest absolute Gasteiger partial charge is 0.262 e. The molecule has 0 aliphatic rings. The van der Waals surface area contributed by atoms with Gasteiger partial charge in [0.25, 0.3) is 5.91 Å². The number of amides is 1. The van der Waals surface area contributed by atoms with E-state index in [-0.39, 0.29) is 18.3 Å². The average Bonchev–Trinajstić information content (AvgIpc) is 2.48. The van der Waals surface area contributed by atoms with E-state index in [0.29, 0.717) is 23.5 Å². The molecule has 0 bridgehead atoms. The summed E-state index contributed by atoms with van der Waals surface area (Å²) in [5.41, 5.74) is 7.73. The Hall–Kier alpha value is -2.40. The fraction of sp³-hybridized carbons (Fsp3) is 0.188. The Kier molecular flexibility index (Phi) is 4.90. The van der Waals surface area contributed by atoms with Gasteiger partial charge >= 0.3 is 0 Å². The number of nitrogens with two attached hydrogens (primary N) is 1. The van der Waals surface area contributed by atoms with Gasteiger partial charge in [0.15, 0.2) is 6.61 Å². The molecule has 0 aliphatic carbocycles. The topological polar surface area (TPSA) is 64.3 Å². The number of halogens is 1. The molecule has 0 fully saturated rings. The van der Waals surface area contributed by atoms with Gasteiger partial charge in [-0.3, -0.25) is 4.79 Å². The van der Waals surface area contributed by atoms with Crippen molar-refractivity contribution in [2.75, 3.05) is 11.9 Å². The number of benzene rings is 2. The van der Waals surface area contributed by atoms with Crippen LogP contribution in [0.1, 0.15) is 11.1 Å². The Bertz CT molecular complexity index is 627. The summed E-state index contributed by atoms with van der Waals surface area (Å²) in [6, 6.07) is 11.4. The highest BCUT2D eigenvalue weighted by Crippen LogP contribution is 2.16. The molecule has 4 nitrogen and oxygen atoms in total. The van der Waals surface area contributed by atoms with Crippen LogP contribution >= 0.6 is 0 Å². The molecule has 0 heterocycles. The third-order valence-corrected chi connectivity index (χ3v) is 2.99. The fourth-order valence-electron chi connectivity index (χ4n) is 1.82. The molecule has 0 unspecified atom stereocenters. The number of anilines is 1.